The van der Waals surface area contributed by atoms with Gasteiger partial charge in [0.2, 0.25) is 0 Å². The Morgan fingerprint density at radius 1 is 0.742 bits per heavy atom. The van der Waals surface area contributed by atoms with Crippen molar-refractivity contribution in [3.05, 3.63) is 89.5 Å². The third-order valence-electron chi connectivity index (χ3n) is 4.69. The third-order valence-corrected chi connectivity index (χ3v) is 4.69. The minimum atomic E-state index is -0.432. The van der Waals surface area contributed by atoms with E-state index >= 15 is 0 Å². The van der Waals surface area contributed by atoms with E-state index in [4.69, 9.17) is 14.2 Å². The smallest absolute Gasteiger partial charge is 0.308 e. The average Bonchev–Trinajstić information content (AvgIpc) is 2.79. The van der Waals surface area contributed by atoms with Gasteiger partial charge < -0.3 is 19.1 Å². The standard InChI is InChI=1S/C25H25NO5/c1-18(27)31-24-6-4-5-21(15-24)25(28)26(16-19-7-11-22(29-2)12-8-19)17-20-9-13-23(30-3)14-10-20/h4-15H,16-17H2,1-3H3. The van der Waals surface area contributed by atoms with Gasteiger partial charge in [0, 0.05) is 25.6 Å². The van der Waals surface area contributed by atoms with Crippen LogP contribution in [0.2, 0.25) is 0 Å². The van der Waals surface area contributed by atoms with Crippen molar-refractivity contribution in [2.75, 3.05) is 14.2 Å². The van der Waals surface area contributed by atoms with Gasteiger partial charge in [0.1, 0.15) is 17.2 Å². The summed E-state index contributed by atoms with van der Waals surface area (Å²) < 4.78 is 15.6. The van der Waals surface area contributed by atoms with Crippen LogP contribution in [0, 0.1) is 0 Å². The topological polar surface area (TPSA) is 65.1 Å². The number of nitrogens with zero attached hydrogens (tertiary/aromatic N) is 1. The third kappa shape index (κ3) is 6.09. The number of rotatable bonds is 8. The first-order valence-electron chi connectivity index (χ1n) is 9.82. The summed E-state index contributed by atoms with van der Waals surface area (Å²) in [5.74, 6) is 1.25. The molecule has 3 rings (SSSR count). The first-order chi connectivity index (χ1) is 15.0. The molecule has 0 saturated carbocycles. The van der Waals surface area contributed by atoms with Crippen molar-refractivity contribution in [2.45, 2.75) is 20.0 Å². The van der Waals surface area contributed by atoms with Gasteiger partial charge in [-0.1, -0.05) is 30.3 Å². The Morgan fingerprint density at radius 3 is 1.71 bits per heavy atom. The summed E-state index contributed by atoms with van der Waals surface area (Å²) in [6.45, 7) is 2.15. The summed E-state index contributed by atoms with van der Waals surface area (Å²) in [7, 11) is 3.23. The van der Waals surface area contributed by atoms with Crippen molar-refractivity contribution in [3.8, 4) is 17.2 Å². The van der Waals surface area contributed by atoms with Gasteiger partial charge in [-0.05, 0) is 53.6 Å². The molecule has 0 fully saturated rings. The molecule has 0 radical (unpaired) electrons. The number of hydrogen-bond donors (Lipinski definition) is 0. The van der Waals surface area contributed by atoms with Crippen LogP contribution in [0.1, 0.15) is 28.4 Å². The molecular formula is C25H25NO5. The van der Waals surface area contributed by atoms with Crippen molar-refractivity contribution in [1.29, 1.82) is 0 Å². The van der Waals surface area contributed by atoms with Gasteiger partial charge in [-0.25, -0.2) is 0 Å². The SMILES string of the molecule is COc1ccc(CN(Cc2ccc(OC)cc2)C(=O)c2cccc(OC(C)=O)c2)cc1. The van der Waals surface area contributed by atoms with E-state index in [2.05, 4.69) is 0 Å². The van der Waals surface area contributed by atoms with E-state index in [0.29, 0.717) is 24.4 Å². The quantitative estimate of drug-likeness (QED) is 0.398. The van der Waals surface area contributed by atoms with Gasteiger partial charge >= 0.3 is 5.97 Å². The second-order valence-electron chi connectivity index (χ2n) is 6.98. The van der Waals surface area contributed by atoms with E-state index in [-0.39, 0.29) is 5.91 Å². The predicted molar refractivity (Wildman–Crippen MR) is 117 cm³/mol. The molecule has 0 bridgehead atoms. The fourth-order valence-electron chi connectivity index (χ4n) is 3.14. The molecule has 0 unspecified atom stereocenters. The maximum absolute atomic E-state index is 13.4. The van der Waals surface area contributed by atoms with E-state index in [1.165, 1.54) is 6.92 Å². The molecule has 0 aliphatic carbocycles. The van der Waals surface area contributed by atoms with Crippen LogP contribution in [0.4, 0.5) is 0 Å². The summed E-state index contributed by atoms with van der Waals surface area (Å²) in [6.07, 6.45) is 0. The van der Waals surface area contributed by atoms with Crippen molar-refractivity contribution < 1.29 is 23.8 Å². The fourth-order valence-corrected chi connectivity index (χ4v) is 3.14. The molecule has 0 N–H and O–H groups in total. The minimum absolute atomic E-state index is 0.166. The molecule has 3 aromatic rings. The lowest BCUT2D eigenvalue weighted by Crippen LogP contribution is -2.30. The van der Waals surface area contributed by atoms with E-state index < -0.39 is 5.97 Å². The normalized spacial score (nSPS) is 10.3. The van der Waals surface area contributed by atoms with E-state index in [9.17, 15) is 9.59 Å². The number of esters is 1. The number of carbonyl (C=O) groups is 2. The Kier molecular flexibility index (Phi) is 7.27. The van der Waals surface area contributed by atoms with Gasteiger partial charge in [0.15, 0.2) is 0 Å². The lowest BCUT2D eigenvalue weighted by molar-refractivity contribution is -0.131. The monoisotopic (exact) mass is 419 g/mol. The van der Waals surface area contributed by atoms with Crippen molar-refractivity contribution in [1.82, 2.24) is 4.90 Å². The van der Waals surface area contributed by atoms with Crippen LogP contribution < -0.4 is 14.2 Å². The molecule has 0 aromatic heterocycles. The molecule has 3 aromatic carbocycles. The van der Waals surface area contributed by atoms with E-state index in [1.807, 2.05) is 48.5 Å². The molecule has 1 amide bonds. The summed E-state index contributed by atoms with van der Waals surface area (Å²) in [5, 5.41) is 0. The summed E-state index contributed by atoms with van der Waals surface area (Å²) in [4.78, 5) is 26.4. The highest BCUT2D eigenvalue weighted by molar-refractivity contribution is 5.94. The molecule has 0 aliphatic heterocycles. The van der Waals surface area contributed by atoms with Gasteiger partial charge in [-0.2, -0.15) is 0 Å². The van der Waals surface area contributed by atoms with E-state index in [0.717, 1.165) is 22.6 Å². The zero-order valence-corrected chi connectivity index (χ0v) is 17.8. The van der Waals surface area contributed by atoms with Crippen LogP contribution in [-0.2, 0) is 17.9 Å². The van der Waals surface area contributed by atoms with Crippen LogP contribution in [0.25, 0.3) is 0 Å². The number of hydrogen-bond acceptors (Lipinski definition) is 5. The van der Waals surface area contributed by atoms with Crippen molar-refractivity contribution in [2.24, 2.45) is 0 Å². The maximum atomic E-state index is 13.4. The molecule has 6 nitrogen and oxygen atoms in total. The van der Waals surface area contributed by atoms with Crippen LogP contribution >= 0.6 is 0 Å². The van der Waals surface area contributed by atoms with Crippen LogP contribution in [-0.4, -0.2) is 31.0 Å². The summed E-state index contributed by atoms with van der Waals surface area (Å²) >= 11 is 0. The van der Waals surface area contributed by atoms with E-state index in [1.54, 1.807) is 43.4 Å². The predicted octanol–water partition coefficient (Wildman–Crippen LogP) is 4.47. The Balaban J connectivity index is 1.87. The summed E-state index contributed by atoms with van der Waals surface area (Å²) in [5.41, 5.74) is 2.39. The maximum Gasteiger partial charge on any atom is 0.308 e. The Morgan fingerprint density at radius 2 is 1.26 bits per heavy atom. The lowest BCUT2D eigenvalue weighted by Gasteiger charge is -2.24. The molecule has 160 valence electrons. The second kappa shape index (κ2) is 10.3. The number of carbonyl (C=O) groups excluding carboxylic acids is 2. The van der Waals surface area contributed by atoms with Crippen molar-refractivity contribution in [3.63, 3.8) is 0 Å². The summed E-state index contributed by atoms with van der Waals surface area (Å²) in [6, 6.07) is 21.8. The molecule has 0 saturated heterocycles. The van der Waals surface area contributed by atoms with Gasteiger partial charge in [-0.3, -0.25) is 9.59 Å². The van der Waals surface area contributed by atoms with Crippen LogP contribution in [0.5, 0.6) is 17.2 Å². The Bertz CT molecular complexity index is 979. The molecular weight excluding hydrogens is 394 g/mol. The molecule has 6 heteroatoms. The lowest BCUT2D eigenvalue weighted by atomic mass is 10.1. The van der Waals surface area contributed by atoms with Gasteiger partial charge in [0.05, 0.1) is 14.2 Å². The average molecular weight is 419 g/mol. The van der Waals surface area contributed by atoms with Gasteiger partial charge in [-0.15, -0.1) is 0 Å². The number of ether oxygens (including phenoxy) is 3. The molecule has 31 heavy (non-hydrogen) atoms. The molecule has 0 aliphatic rings. The zero-order valence-electron chi connectivity index (χ0n) is 17.8. The molecule has 0 heterocycles. The minimum Gasteiger partial charge on any atom is -0.497 e. The first kappa shape index (κ1) is 21.9. The van der Waals surface area contributed by atoms with Gasteiger partial charge in [0.25, 0.3) is 5.91 Å². The number of amides is 1. The molecule has 0 spiro atoms. The zero-order chi connectivity index (χ0) is 22.2. The fraction of sp³-hybridized carbons (Fsp3) is 0.200. The highest BCUT2D eigenvalue weighted by atomic mass is 16.5. The van der Waals surface area contributed by atoms with Crippen LogP contribution in [0.3, 0.4) is 0 Å². The highest BCUT2D eigenvalue weighted by Crippen LogP contribution is 2.21. The largest absolute Gasteiger partial charge is 0.497 e. The molecule has 0 atom stereocenters. The Hall–Kier alpha value is -3.80. The number of methoxy groups -OCH3 is 2. The number of benzene rings is 3. The highest BCUT2D eigenvalue weighted by Gasteiger charge is 2.18. The Labute approximate surface area is 182 Å². The van der Waals surface area contributed by atoms with Crippen molar-refractivity contribution >= 4 is 11.9 Å². The van der Waals surface area contributed by atoms with Crippen LogP contribution in [0.15, 0.2) is 72.8 Å². The first-order valence-corrected chi connectivity index (χ1v) is 9.82. The second-order valence-corrected chi connectivity index (χ2v) is 6.98.